The number of anilines is 2. The smallest absolute Gasteiger partial charge is 0.416 e. The van der Waals surface area contributed by atoms with Crippen LogP contribution in [0.5, 0.6) is 5.75 Å². The molecule has 2 aromatic rings. The van der Waals surface area contributed by atoms with Gasteiger partial charge in [0.05, 0.1) is 22.7 Å². The Balaban J connectivity index is 1.64. The molecule has 0 aromatic heterocycles. The van der Waals surface area contributed by atoms with Crippen molar-refractivity contribution in [2.24, 2.45) is 0 Å². The largest absolute Gasteiger partial charge is 0.491 e. The van der Waals surface area contributed by atoms with Crippen LogP contribution in [0.25, 0.3) is 0 Å². The lowest BCUT2D eigenvalue weighted by Crippen LogP contribution is -2.39. The van der Waals surface area contributed by atoms with Crippen LogP contribution in [0.15, 0.2) is 47.4 Å². The van der Waals surface area contributed by atoms with E-state index in [4.69, 9.17) is 17.0 Å². The molecular weight excluding hydrogens is 525 g/mol. The zero-order valence-electron chi connectivity index (χ0n) is 22.8. The van der Waals surface area contributed by atoms with E-state index in [0.29, 0.717) is 10.8 Å². The molecule has 0 saturated heterocycles. The van der Waals surface area contributed by atoms with Gasteiger partial charge in [0.2, 0.25) is 0 Å². The van der Waals surface area contributed by atoms with Crippen molar-refractivity contribution in [3.63, 3.8) is 0 Å². The number of halogens is 3. The number of rotatable bonds is 14. The van der Waals surface area contributed by atoms with Gasteiger partial charge in [0.15, 0.2) is 5.11 Å². The fourth-order valence-corrected chi connectivity index (χ4v) is 6.41. The summed E-state index contributed by atoms with van der Waals surface area (Å²) in [4.78, 5) is 3.16. The van der Waals surface area contributed by atoms with E-state index in [1.165, 1.54) is 63.9 Å². The molecule has 8 heteroatoms. The second-order valence-electron chi connectivity index (χ2n) is 10.2. The van der Waals surface area contributed by atoms with Crippen molar-refractivity contribution >= 4 is 40.5 Å². The number of nitrogens with one attached hydrogen (secondary N) is 1. The van der Waals surface area contributed by atoms with E-state index in [1.54, 1.807) is 17.8 Å². The van der Waals surface area contributed by atoms with Gasteiger partial charge in [-0.25, -0.2) is 0 Å². The van der Waals surface area contributed by atoms with Crippen LogP contribution in [0.2, 0.25) is 0 Å². The fraction of sp³-hybridized carbons (Fsp3) is 0.567. The summed E-state index contributed by atoms with van der Waals surface area (Å²) in [7, 11) is 0. The van der Waals surface area contributed by atoms with E-state index < -0.39 is 11.7 Å². The molecule has 0 radical (unpaired) electrons. The summed E-state index contributed by atoms with van der Waals surface area (Å²) in [6.45, 7) is 6.20. The Bertz CT molecular complexity index is 1030. The first-order valence-corrected chi connectivity index (χ1v) is 15.2. The molecule has 0 bridgehead atoms. The minimum Gasteiger partial charge on any atom is -0.491 e. The van der Waals surface area contributed by atoms with E-state index in [1.807, 2.05) is 26.0 Å². The van der Waals surface area contributed by atoms with Gasteiger partial charge in [-0.1, -0.05) is 89.0 Å². The van der Waals surface area contributed by atoms with Crippen molar-refractivity contribution in [3.05, 3.63) is 48.0 Å². The van der Waals surface area contributed by atoms with Gasteiger partial charge in [-0.05, 0) is 62.8 Å². The highest BCUT2D eigenvalue weighted by atomic mass is 32.2. The summed E-state index contributed by atoms with van der Waals surface area (Å²) >= 11 is 7.54. The molecule has 0 amide bonds. The maximum atomic E-state index is 13.2. The molecule has 1 aliphatic heterocycles. The number of thioether (sulfide) groups is 1. The highest BCUT2D eigenvalue weighted by Crippen LogP contribution is 2.47. The first-order valence-electron chi connectivity index (χ1n) is 13.9. The number of unbranched alkanes of at least 4 members (excludes halogenated alkanes) is 9. The lowest BCUT2D eigenvalue weighted by molar-refractivity contribution is -0.137. The minimum absolute atomic E-state index is 0.0354. The van der Waals surface area contributed by atoms with Gasteiger partial charge in [0.25, 0.3) is 0 Å². The van der Waals surface area contributed by atoms with Crippen LogP contribution in [0.3, 0.4) is 0 Å². The number of benzene rings is 2. The van der Waals surface area contributed by atoms with E-state index in [0.717, 1.165) is 41.3 Å². The van der Waals surface area contributed by atoms with Crippen molar-refractivity contribution < 1.29 is 17.9 Å². The van der Waals surface area contributed by atoms with E-state index >= 15 is 0 Å². The number of nitrogens with zero attached hydrogens (tertiary/aromatic N) is 1. The predicted octanol–water partition coefficient (Wildman–Crippen LogP) is 10.4. The van der Waals surface area contributed by atoms with Crippen molar-refractivity contribution in [3.8, 4) is 5.75 Å². The average molecular weight is 567 g/mol. The molecule has 1 aliphatic rings. The third kappa shape index (κ3) is 9.37. The monoisotopic (exact) mass is 566 g/mol. The molecule has 0 spiro atoms. The van der Waals surface area contributed by atoms with Crippen LogP contribution in [-0.4, -0.2) is 16.6 Å². The van der Waals surface area contributed by atoms with Gasteiger partial charge < -0.3 is 15.0 Å². The van der Waals surface area contributed by atoms with Crippen LogP contribution >= 0.6 is 24.0 Å². The lowest BCUT2D eigenvalue weighted by atomic mass is 10.1. The van der Waals surface area contributed by atoms with E-state index in [9.17, 15) is 13.2 Å². The maximum Gasteiger partial charge on any atom is 0.416 e. The van der Waals surface area contributed by atoms with Crippen LogP contribution in [0.1, 0.15) is 97.0 Å². The second kappa shape index (κ2) is 15.0. The molecule has 1 atom stereocenters. The molecule has 0 fully saturated rings. The summed E-state index contributed by atoms with van der Waals surface area (Å²) in [6, 6.07) is 11.2. The Kier molecular flexibility index (Phi) is 12.1. The van der Waals surface area contributed by atoms with Crippen LogP contribution in [0.4, 0.5) is 24.5 Å². The van der Waals surface area contributed by atoms with Crippen molar-refractivity contribution in [2.75, 3.05) is 10.2 Å². The first-order chi connectivity index (χ1) is 18.2. The van der Waals surface area contributed by atoms with Gasteiger partial charge in [0.1, 0.15) is 5.75 Å². The van der Waals surface area contributed by atoms with Crippen LogP contribution < -0.4 is 15.0 Å². The molecule has 1 heterocycles. The maximum absolute atomic E-state index is 13.2. The molecule has 0 aliphatic carbocycles. The third-order valence-corrected chi connectivity index (χ3v) is 8.19. The minimum atomic E-state index is -4.41. The Labute approximate surface area is 235 Å². The molecule has 1 N–H and O–H groups in total. The summed E-state index contributed by atoms with van der Waals surface area (Å²) in [5, 5.41) is 3.55. The van der Waals surface area contributed by atoms with Gasteiger partial charge in [-0.2, -0.15) is 13.2 Å². The average Bonchev–Trinajstić information content (AvgIpc) is 3.22. The number of fused-ring (bicyclic) bond motifs is 1. The predicted molar refractivity (Wildman–Crippen MR) is 158 cm³/mol. The zero-order valence-corrected chi connectivity index (χ0v) is 24.4. The summed E-state index contributed by atoms with van der Waals surface area (Å²) in [5.74, 6) is 0.755. The summed E-state index contributed by atoms with van der Waals surface area (Å²) < 4.78 is 45.7. The number of ether oxygens (including phenoxy) is 1. The fourth-order valence-electron chi connectivity index (χ4n) is 4.68. The van der Waals surface area contributed by atoms with Gasteiger partial charge in [-0.15, -0.1) is 0 Å². The number of hydrogen-bond acceptors (Lipinski definition) is 3. The highest BCUT2D eigenvalue weighted by molar-refractivity contribution is 8.00. The summed E-state index contributed by atoms with van der Waals surface area (Å²) in [5.41, 5.74) is 0.571. The molecule has 38 heavy (non-hydrogen) atoms. The number of alkyl halides is 3. The molecule has 1 unspecified atom stereocenters. The highest BCUT2D eigenvalue weighted by Gasteiger charge is 2.34. The molecule has 210 valence electrons. The Morgan fingerprint density at radius 3 is 2.26 bits per heavy atom. The standard InChI is InChI=1S/C30H41F3N2OS2/c1-4-5-6-7-8-9-10-11-12-13-17-28-35(26-21-25(36-22(2)3)18-19-27(26)38-28)29(37)34-24-16-14-15-23(20-24)30(31,32)33/h14-16,18-22,28H,4-13,17H2,1-3H3,(H,34,37). The Hall–Kier alpha value is -1.93. The van der Waals surface area contributed by atoms with Gasteiger partial charge >= 0.3 is 6.18 Å². The van der Waals surface area contributed by atoms with Gasteiger partial charge in [0, 0.05) is 16.6 Å². The van der Waals surface area contributed by atoms with Crippen LogP contribution in [-0.2, 0) is 6.18 Å². The van der Waals surface area contributed by atoms with Gasteiger partial charge in [-0.3, -0.25) is 0 Å². The molecule has 3 nitrogen and oxygen atoms in total. The number of thiocarbonyl (C=S) groups is 1. The van der Waals surface area contributed by atoms with Crippen molar-refractivity contribution in [2.45, 2.75) is 114 Å². The van der Waals surface area contributed by atoms with Crippen LogP contribution in [0, 0.1) is 0 Å². The summed E-state index contributed by atoms with van der Waals surface area (Å²) in [6.07, 6.45) is 9.30. The molecular formula is C30H41F3N2OS2. The molecule has 0 saturated carbocycles. The number of hydrogen-bond donors (Lipinski definition) is 1. The topological polar surface area (TPSA) is 24.5 Å². The van der Waals surface area contributed by atoms with Crippen molar-refractivity contribution in [1.82, 2.24) is 0 Å². The molecule has 3 rings (SSSR count). The zero-order chi connectivity index (χ0) is 27.5. The second-order valence-corrected chi connectivity index (χ2v) is 11.8. The SMILES string of the molecule is CCCCCCCCCCCCC1Sc2ccc(OC(C)C)cc2N1C(=S)Nc1cccc(C(F)(F)F)c1. The normalized spacial score (nSPS) is 15.1. The lowest BCUT2D eigenvalue weighted by Gasteiger charge is -2.28. The third-order valence-electron chi connectivity index (χ3n) is 6.58. The Morgan fingerprint density at radius 2 is 1.63 bits per heavy atom. The van der Waals surface area contributed by atoms with E-state index in [-0.39, 0.29) is 11.5 Å². The molecule has 2 aromatic carbocycles. The van der Waals surface area contributed by atoms with Crippen molar-refractivity contribution in [1.29, 1.82) is 0 Å². The quantitative estimate of drug-likeness (QED) is 0.181. The first kappa shape index (κ1) is 30.6. The van der Waals surface area contributed by atoms with E-state index in [2.05, 4.69) is 23.2 Å². The Morgan fingerprint density at radius 1 is 0.974 bits per heavy atom.